The van der Waals surface area contributed by atoms with Gasteiger partial charge in [0.25, 0.3) is 0 Å². The number of halogens is 1. The molecular weight excluding hydrogens is 268 g/mol. The summed E-state index contributed by atoms with van der Waals surface area (Å²) in [6.45, 7) is 9.20. The van der Waals surface area contributed by atoms with E-state index in [9.17, 15) is 0 Å². The van der Waals surface area contributed by atoms with Gasteiger partial charge in [0, 0.05) is 16.6 Å². The zero-order valence-electron chi connectivity index (χ0n) is 12.7. The lowest BCUT2D eigenvalue weighted by atomic mass is 9.72. The topological polar surface area (TPSA) is 29.3 Å². The molecule has 1 aromatic carbocycles. The first-order valence-corrected chi connectivity index (χ1v) is 7.99. The fraction of sp³-hybridized carbons (Fsp3) is 0.647. The first-order valence-electron chi connectivity index (χ1n) is 7.61. The third kappa shape index (κ3) is 2.28. The number of piperidine rings is 1. The molecule has 1 atom stereocenters. The highest BCUT2D eigenvalue weighted by Gasteiger charge is 2.46. The largest absolute Gasteiger partial charge is 0.323 e. The molecule has 0 radical (unpaired) electrons. The Labute approximate surface area is 127 Å². The van der Waals surface area contributed by atoms with Gasteiger partial charge in [-0.05, 0) is 81.8 Å². The van der Waals surface area contributed by atoms with E-state index in [1.54, 1.807) is 0 Å². The van der Waals surface area contributed by atoms with Crippen LogP contribution >= 0.6 is 11.6 Å². The molecule has 1 aromatic rings. The summed E-state index contributed by atoms with van der Waals surface area (Å²) in [5.41, 5.74) is 9.81. The number of fused-ring (bicyclic) bond motifs is 1. The van der Waals surface area contributed by atoms with Crippen LogP contribution in [0, 0.1) is 5.41 Å². The first-order chi connectivity index (χ1) is 9.32. The number of hydrogen-bond acceptors (Lipinski definition) is 2. The van der Waals surface area contributed by atoms with Crippen molar-refractivity contribution in [3.05, 3.63) is 34.3 Å². The predicted octanol–water partition coefficient (Wildman–Crippen LogP) is 3.78. The summed E-state index contributed by atoms with van der Waals surface area (Å²) in [6.07, 6.45) is 3.51. The molecule has 2 aliphatic rings. The molecule has 1 aliphatic heterocycles. The van der Waals surface area contributed by atoms with Crippen LogP contribution in [0.3, 0.4) is 0 Å². The van der Waals surface area contributed by atoms with Gasteiger partial charge in [0.05, 0.1) is 0 Å². The van der Waals surface area contributed by atoms with Crippen LogP contribution in [0.25, 0.3) is 0 Å². The number of hydrogen-bond donors (Lipinski definition) is 1. The quantitative estimate of drug-likeness (QED) is 0.788. The van der Waals surface area contributed by atoms with Crippen molar-refractivity contribution < 1.29 is 0 Å². The number of rotatable bonds is 0. The fourth-order valence-corrected chi connectivity index (χ4v) is 4.13. The van der Waals surface area contributed by atoms with Crippen LogP contribution in [0.1, 0.15) is 50.8 Å². The van der Waals surface area contributed by atoms with Crippen molar-refractivity contribution in [3.63, 3.8) is 0 Å². The van der Waals surface area contributed by atoms with E-state index in [-0.39, 0.29) is 17.0 Å². The van der Waals surface area contributed by atoms with Gasteiger partial charge in [-0.1, -0.05) is 17.7 Å². The minimum absolute atomic E-state index is 0.151. The molecule has 0 amide bonds. The second-order valence-electron chi connectivity index (χ2n) is 7.52. The molecule has 0 unspecified atom stereocenters. The van der Waals surface area contributed by atoms with Gasteiger partial charge >= 0.3 is 0 Å². The standard InChI is InChI=1S/C17H25ClN2/c1-16(2,3)20-8-6-17(7-9-20)11-12-4-5-13(18)10-14(12)15(17)19/h4-5,10,15H,6-9,11,19H2,1-3H3/t15-/m1/s1. The predicted molar refractivity (Wildman–Crippen MR) is 85.1 cm³/mol. The van der Waals surface area contributed by atoms with Gasteiger partial charge in [-0.25, -0.2) is 0 Å². The van der Waals surface area contributed by atoms with Crippen LogP contribution in [0.15, 0.2) is 18.2 Å². The maximum atomic E-state index is 6.60. The van der Waals surface area contributed by atoms with E-state index < -0.39 is 0 Å². The second-order valence-corrected chi connectivity index (χ2v) is 7.95. The van der Waals surface area contributed by atoms with E-state index in [0.717, 1.165) is 24.5 Å². The monoisotopic (exact) mass is 292 g/mol. The molecule has 3 rings (SSSR count). The maximum absolute atomic E-state index is 6.60. The summed E-state index contributed by atoms with van der Waals surface area (Å²) in [4.78, 5) is 2.58. The lowest BCUT2D eigenvalue weighted by Crippen LogP contribution is -2.50. The zero-order valence-corrected chi connectivity index (χ0v) is 13.5. The SMILES string of the molecule is CC(C)(C)N1CCC2(CC1)Cc1ccc(Cl)cc1[C@H]2N. The van der Waals surface area contributed by atoms with Crippen LogP contribution in [0.4, 0.5) is 0 Å². The Bertz CT molecular complexity index is 510. The molecule has 2 nitrogen and oxygen atoms in total. The van der Waals surface area contributed by atoms with Crippen LogP contribution in [0.5, 0.6) is 0 Å². The van der Waals surface area contributed by atoms with Gasteiger partial charge in [-0.3, -0.25) is 4.90 Å². The third-order valence-electron chi connectivity index (χ3n) is 5.35. The van der Waals surface area contributed by atoms with Crippen LogP contribution in [-0.4, -0.2) is 23.5 Å². The van der Waals surface area contributed by atoms with Crippen molar-refractivity contribution in [3.8, 4) is 0 Å². The van der Waals surface area contributed by atoms with Gasteiger partial charge in [0.15, 0.2) is 0 Å². The van der Waals surface area contributed by atoms with E-state index >= 15 is 0 Å². The van der Waals surface area contributed by atoms with Crippen molar-refractivity contribution in [2.24, 2.45) is 11.1 Å². The van der Waals surface area contributed by atoms with Gasteiger partial charge in [-0.2, -0.15) is 0 Å². The molecule has 0 saturated carbocycles. The molecule has 0 aromatic heterocycles. The van der Waals surface area contributed by atoms with E-state index in [4.69, 9.17) is 17.3 Å². The number of likely N-dealkylation sites (tertiary alicyclic amines) is 1. The molecular formula is C17H25ClN2. The smallest absolute Gasteiger partial charge is 0.0409 e. The molecule has 3 heteroatoms. The first kappa shape index (κ1) is 14.4. The highest BCUT2D eigenvalue weighted by Crippen LogP contribution is 2.51. The van der Waals surface area contributed by atoms with Crippen LogP contribution < -0.4 is 5.73 Å². The lowest BCUT2D eigenvalue weighted by molar-refractivity contribution is 0.0345. The summed E-state index contributed by atoms with van der Waals surface area (Å²) < 4.78 is 0. The lowest BCUT2D eigenvalue weighted by Gasteiger charge is -2.47. The summed E-state index contributed by atoms with van der Waals surface area (Å²) in [5.74, 6) is 0. The molecule has 1 fully saturated rings. The van der Waals surface area contributed by atoms with Gasteiger partial charge in [0.2, 0.25) is 0 Å². The van der Waals surface area contributed by atoms with E-state index in [2.05, 4.69) is 37.8 Å². The highest BCUT2D eigenvalue weighted by atomic mass is 35.5. The molecule has 1 spiro atoms. The van der Waals surface area contributed by atoms with E-state index in [0.29, 0.717) is 0 Å². The van der Waals surface area contributed by atoms with Crippen LogP contribution in [-0.2, 0) is 6.42 Å². The molecule has 0 bridgehead atoms. The summed E-state index contributed by atoms with van der Waals surface area (Å²) >= 11 is 6.14. The van der Waals surface area contributed by atoms with E-state index in [1.165, 1.54) is 24.0 Å². The fourth-order valence-electron chi connectivity index (χ4n) is 3.95. The van der Waals surface area contributed by atoms with Gasteiger partial charge < -0.3 is 5.73 Å². The molecule has 20 heavy (non-hydrogen) atoms. The average molecular weight is 293 g/mol. The Morgan fingerprint density at radius 1 is 1.25 bits per heavy atom. The molecule has 1 aliphatic carbocycles. The average Bonchev–Trinajstić information content (AvgIpc) is 2.63. The number of nitrogens with zero attached hydrogens (tertiary/aromatic N) is 1. The number of benzene rings is 1. The van der Waals surface area contributed by atoms with Crippen molar-refractivity contribution >= 4 is 11.6 Å². The Hall–Kier alpha value is -0.570. The number of nitrogens with two attached hydrogens (primary N) is 1. The molecule has 110 valence electrons. The Morgan fingerprint density at radius 2 is 1.90 bits per heavy atom. The van der Waals surface area contributed by atoms with Crippen molar-refractivity contribution in [1.82, 2.24) is 4.90 Å². The molecule has 1 saturated heterocycles. The van der Waals surface area contributed by atoms with Crippen LogP contribution in [0.2, 0.25) is 5.02 Å². The Balaban J connectivity index is 1.81. The Morgan fingerprint density at radius 3 is 2.50 bits per heavy atom. The summed E-state index contributed by atoms with van der Waals surface area (Å²) in [7, 11) is 0. The maximum Gasteiger partial charge on any atom is 0.0409 e. The zero-order chi connectivity index (χ0) is 14.5. The minimum Gasteiger partial charge on any atom is -0.323 e. The van der Waals surface area contributed by atoms with Gasteiger partial charge in [-0.15, -0.1) is 0 Å². The highest BCUT2D eigenvalue weighted by molar-refractivity contribution is 6.30. The van der Waals surface area contributed by atoms with Crippen molar-refractivity contribution in [2.75, 3.05) is 13.1 Å². The second kappa shape index (κ2) is 4.72. The summed E-state index contributed by atoms with van der Waals surface area (Å²) in [5, 5.41) is 0.809. The normalized spacial score (nSPS) is 25.9. The van der Waals surface area contributed by atoms with Crippen molar-refractivity contribution in [1.29, 1.82) is 0 Å². The van der Waals surface area contributed by atoms with Crippen molar-refractivity contribution in [2.45, 2.75) is 51.6 Å². The minimum atomic E-state index is 0.151. The molecule has 1 heterocycles. The summed E-state index contributed by atoms with van der Waals surface area (Å²) in [6, 6.07) is 6.39. The van der Waals surface area contributed by atoms with Gasteiger partial charge in [0.1, 0.15) is 0 Å². The third-order valence-corrected chi connectivity index (χ3v) is 5.59. The molecule has 2 N–H and O–H groups in total. The Kier molecular flexibility index (Phi) is 3.39. The van der Waals surface area contributed by atoms with E-state index in [1.807, 2.05) is 6.07 Å².